The van der Waals surface area contributed by atoms with Crippen LogP contribution < -0.4 is 5.32 Å². The van der Waals surface area contributed by atoms with Crippen molar-refractivity contribution >= 4 is 15.3 Å². The molecule has 0 N–H and O–H groups in total. The Morgan fingerprint density at radius 1 is 1.33 bits per heavy atom. The van der Waals surface area contributed by atoms with Crippen molar-refractivity contribution in [2.75, 3.05) is 6.54 Å². The molecule has 1 fully saturated rings. The van der Waals surface area contributed by atoms with Gasteiger partial charge in [-0.05, 0) is 19.3 Å². The molecule has 1 aliphatic heterocycles. The Hall–Kier alpha value is -0.350. The molecule has 0 unspecified atom stereocenters. The molecule has 1 rings (SSSR count). The summed E-state index contributed by atoms with van der Waals surface area (Å²) in [6.45, 7) is 0.684. The fourth-order valence-electron chi connectivity index (χ4n) is 0.807. The summed E-state index contributed by atoms with van der Waals surface area (Å²) < 4.78 is 20.4. The average Bonchev–Trinajstić information content (AvgIpc) is 1.90. The fraction of sp³-hybridized carbons (Fsp3) is 0.800. The van der Waals surface area contributed by atoms with E-state index < -0.39 is 10.3 Å². The second-order valence-corrected chi connectivity index (χ2v) is 2.91. The predicted molar refractivity (Wildman–Crippen MR) is 34.8 cm³/mol. The minimum absolute atomic E-state index is 0.348. The molecule has 0 aliphatic carbocycles. The van der Waals surface area contributed by atoms with E-state index in [1.54, 1.807) is 0 Å². The van der Waals surface area contributed by atoms with E-state index >= 15 is 0 Å². The molecule has 0 aromatic carbocycles. The van der Waals surface area contributed by atoms with E-state index in [2.05, 4.69) is 5.32 Å². The zero-order chi connectivity index (χ0) is 6.69. The van der Waals surface area contributed by atoms with E-state index in [9.17, 15) is 8.42 Å². The summed E-state index contributed by atoms with van der Waals surface area (Å²) in [5.74, 6) is 0. The third kappa shape index (κ3) is 1.80. The Morgan fingerprint density at radius 2 is 2.11 bits per heavy atom. The third-order valence-electron chi connectivity index (χ3n) is 1.28. The van der Waals surface area contributed by atoms with Gasteiger partial charge in [-0.15, -0.1) is 0 Å². The van der Waals surface area contributed by atoms with Gasteiger partial charge in [0.2, 0.25) is 10.3 Å². The molecule has 9 heavy (non-hydrogen) atoms. The maximum atomic E-state index is 10.2. The highest BCUT2D eigenvalue weighted by molar-refractivity contribution is 7.72. The van der Waals surface area contributed by atoms with Crippen molar-refractivity contribution in [2.45, 2.75) is 19.3 Å². The maximum Gasteiger partial charge on any atom is 0.229 e. The Bertz CT molecular complexity index is 201. The lowest BCUT2D eigenvalue weighted by Gasteiger charge is -2.07. The van der Waals surface area contributed by atoms with Gasteiger partial charge in [-0.1, -0.05) is 0 Å². The first-order chi connectivity index (χ1) is 4.30. The van der Waals surface area contributed by atoms with Gasteiger partial charge in [0.1, 0.15) is 4.99 Å². The molecule has 1 heterocycles. The summed E-state index contributed by atoms with van der Waals surface area (Å²) in [6, 6.07) is 0. The van der Waals surface area contributed by atoms with Crippen LogP contribution in [0.25, 0.3) is 0 Å². The number of piperidine rings is 1. The van der Waals surface area contributed by atoms with Crippen LogP contribution in [0.5, 0.6) is 0 Å². The molecule has 0 amide bonds. The molecule has 0 spiro atoms. The highest BCUT2D eigenvalue weighted by Gasteiger charge is 2.07. The summed E-state index contributed by atoms with van der Waals surface area (Å²) in [6.07, 6.45) is 2.63. The van der Waals surface area contributed by atoms with Crippen LogP contribution in [0.4, 0.5) is 0 Å². The van der Waals surface area contributed by atoms with Gasteiger partial charge in [0, 0.05) is 6.54 Å². The average molecular weight is 146 g/mol. The van der Waals surface area contributed by atoms with Crippen LogP contribution in [-0.2, 0) is 10.3 Å². The maximum absolute atomic E-state index is 10.2. The van der Waals surface area contributed by atoms with E-state index in [0.29, 0.717) is 18.0 Å². The first kappa shape index (κ1) is 6.77. The van der Waals surface area contributed by atoms with Crippen molar-refractivity contribution in [3.8, 4) is 0 Å². The van der Waals surface area contributed by atoms with Crippen molar-refractivity contribution in [3.05, 3.63) is 0 Å². The highest BCUT2D eigenvalue weighted by Crippen LogP contribution is 2.01. The van der Waals surface area contributed by atoms with Gasteiger partial charge in [-0.3, -0.25) is 0 Å². The summed E-state index contributed by atoms with van der Waals surface area (Å²) in [7, 11) is -2.05. The molecule has 51 valence electrons. The Balaban J connectivity index is 2.72. The van der Waals surface area contributed by atoms with Crippen molar-refractivity contribution in [3.63, 3.8) is 0 Å². The minimum Gasteiger partial charge on any atom is -0.195 e. The van der Waals surface area contributed by atoms with Crippen molar-refractivity contribution < 1.29 is 8.42 Å². The van der Waals surface area contributed by atoms with Crippen molar-refractivity contribution in [1.29, 1.82) is 0 Å². The zero-order valence-electron chi connectivity index (χ0n) is 5.00. The molecular weight excluding hydrogens is 138 g/mol. The first-order valence-corrected chi connectivity index (χ1v) is 4.01. The Morgan fingerprint density at radius 3 is 2.44 bits per heavy atom. The monoisotopic (exact) mass is 146 g/mol. The van der Waals surface area contributed by atoms with Gasteiger partial charge in [-0.2, -0.15) is 13.7 Å². The summed E-state index contributed by atoms with van der Waals surface area (Å²) in [5.41, 5.74) is 0. The standard InChI is InChI=1S/C5H8NO2S/c7-9(8)5-3-1-2-4-6-5/h1-4H2. The second-order valence-electron chi connectivity index (χ2n) is 1.97. The predicted octanol–water partition coefficient (Wildman–Crippen LogP) is -0.216. The summed E-state index contributed by atoms with van der Waals surface area (Å²) >= 11 is 0. The second kappa shape index (κ2) is 2.98. The largest absolute Gasteiger partial charge is 0.229 e. The van der Waals surface area contributed by atoms with Crippen molar-refractivity contribution in [1.82, 2.24) is 5.32 Å². The smallest absolute Gasteiger partial charge is 0.195 e. The molecule has 4 heteroatoms. The Labute approximate surface area is 55.6 Å². The highest BCUT2D eigenvalue weighted by atomic mass is 32.2. The fourth-order valence-corrected chi connectivity index (χ4v) is 1.31. The SMILES string of the molecule is O=S(=O)=C1CCCC[N]1. The van der Waals surface area contributed by atoms with E-state index in [0.717, 1.165) is 12.8 Å². The van der Waals surface area contributed by atoms with Crippen molar-refractivity contribution in [2.24, 2.45) is 0 Å². The lowest BCUT2D eigenvalue weighted by molar-refractivity contribution is 0.620. The molecule has 1 saturated heterocycles. The molecule has 1 aliphatic rings. The molecule has 0 aromatic rings. The first-order valence-electron chi connectivity index (χ1n) is 2.93. The van der Waals surface area contributed by atoms with Crippen LogP contribution >= 0.6 is 0 Å². The molecular formula is C5H8NO2S. The van der Waals surface area contributed by atoms with Gasteiger partial charge in [0.25, 0.3) is 0 Å². The number of hydrogen-bond acceptors (Lipinski definition) is 2. The number of nitrogens with zero attached hydrogens (tertiary/aromatic N) is 1. The van der Waals surface area contributed by atoms with Gasteiger partial charge >= 0.3 is 0 Å². The number of hydrogen-bond donors (Lipinski definition) is 0. The van der Waals surface area contributed by atoms with Crippen LogP contribution in [0.2, 0.25) is 0 Å². The van der Waals surface area contributed by atoms with E-state index in [1.165, 1.54) is 0 Å². The van der Waals surface area contributed by atoms with Gasteiger partial charge < -0.3 is 0 Å². The minimum atomic E-state index is -2.05. The zero-order valence-corrected chi connectivity index (χ0v) is 5.82. The summed E-state index contributed by atoms with van der Waals surface area (Å²) in [5, 5.41) is 3.83. The van der Waals surface area contributed by atoms with Crippen LogP contribution in [0, 0.1) is 0 Å². The molecule has 0 aromatic heterocycles. The lowest BCUT2D eigenvalue weighted by atomic mass is 10.2. The van der Waals surface area contributed by atoms with E-state index in [4.69, 9.17) is 0 Å². The molecule has 0 atom stereocenters. The van der Waals surface area contributed by atoms with E-state index in [1.807, 2.05) is 0 Å². The molecule has 3 nitrogen and oxygen atoms in total. The normalized spacial score (nSPS) is 19.8. The van der Waals surface area contributed by atoms with Crippen LogP contribution in [0.3, 0.4) is 0 Å². The molecule has 1 radical (unpaired) electrons. The van der Waals surface area contributed by atoms with Gasteiger partial charge in [-0.25, -0.2) is 0 Å². The third-order valence-corrected chi connectivity index (χ3v) is 2.00. The topological polar surface area (TPSA) is 48.2 Å². The number of rotatable bonds is 0. The Kier molecular flexibility index (Phi) is 2.24. The van der Waals surface area contributed by atoms with Gasteiger partial charge in [0.05, 0.1) is 0 Å². The quantitative estimate of drug-likeness (QED) is 0.444. The van der Waals surface area contributed by atoms with Crippen LogP contribution in [0.1, 0.15) is 19.3 Å². The lowest BCUT2D eigenvalue weighted by Crippen LogP contribution is -2.22. The van der Waals surface area contributed by atoms with Gasteiger partial charge in [0.15, 0.2) is 0 Å². The van der Waals surface area contributed by atoms with Crippen LogP contribution in [-0.4, -0.2) is 20.0 Å². The molecule has 0 saturated carbocycles. The van der Waals surface area contributed by atoms with Crippen LogP contribution in [0.15, 0.2) is 0 Å². The molecule has 0 bridgehead atoms. The van der Waals surface area contributed by atoms with E-state index in [-0.39, 0.29) is 0 Å². The summed E-state index contributed by atoms with van der Waals surface area (Å²) in [4.78, 5) is 0.348.